The molecule has 1 atom stereocenters. The van der Waals surface area contributed by atoms with Gasteiger partial charge in [0.15, 0.2) is 0 Å². The molecule has 0 spiro atoms. The van der Waals surface area contributed by atoms with Crippen LogP contribution in [0.5, 0.6) is 0 Å². The quantitative estimate of drug-likeness (QED) is 0.589. The molecule has 1 aromatic carbocycles. The lowest BCUT2D eigenvalue weighted by Gasteiger charge is -2.19. The topological polar surface area (TPSA) is 114 Å². The van der Waals surface area contributed by atoms with Crippen LogP contribution in [0.4, 0.5) is 29.3 Å². The number of hydrogen-bond donors (Lipinski definition) is 2. The van der Waals surface area contributed by atoms with Crippen LogP contribution in [0.15, 0.2) is 12.1 Å². The molecule has 1 saturated heterocycles. The summed E-state index contributed by atoms with van der Waals surface area (Å²) in [5.41, 5.74) is -1.67. The number of fused-ring (bicyclic) bond motifs is 1. The zero-order valence-corrected chi connectivity index (χ0v) is 15.4. The third-order valence-corrected chi connectivity index (χ3v) is 5.75. The highest BCUT2D eigenvalue weighted by atomic mass is 19.4. The summed E-state index contributed by atoms with van der Waals surface area (Å²) >= 11 is 0. The van der Waals surface area contributed by atoms with Crippen molar-refractivity contribution in [3.63, 3.8) is 0 Å². The number of anilines is 1. The van der Waals surface area contributed by atoms with Crippen molar-refractivity contribution < 1.29 is 28.0 Å². The summed E-state index contributed by atoms with van der Waals surface area (Å²) in [6.07, 6.45) is -5.38. The van der Waals surface area contributed by atoms with Gasteiger partial charge in [0.25, 0.3) is 5.69 Å². The third-order valence-electron chi connectivity index (χ3n) is 5.75. The van der Waals surface area contributed by atoms with Gasteiger partial charge in [0.2, 0.25) is 0 Å². The molecule has 1 aromatic heterocycles. The monoisotopic (exact) mass is 413 g/mol. The minimum Gasteiger partial charge on any atom is -0.465 e. The molecule has 2 heterocycles. The van der Waals surface area contributed by atoms with Crippen molar-refractivity contribution in [3.05, 3.63) is 28.1 Å². The number of nitro benzene ring substituents is 1. The highest BCUT2D eigenvalue weighted by molar-refractivity contribution is 5.95. The van der Waals surface area contributed by atoms with Gasteiger partial charge in [-0.05, 0) is 25.3 Å². The summed E-state index contributed by atoms with van der Waals surface area (Å²) in [7, 11) is 1.48. The predicted octanol–water partition coefficient (Wildman–Crippen LogP) is 2.92. The number of benzene rings is 1. The van der Waals surface area contributed by atoms with Crippen molar-refractivity contribution in [2.24, 2.45) is 7.05 Å². The van der Waals surface area contributed by atoms with Crippen molar-refractivity contribution in [1.82, 2.24) is 14.9 Å². The average Bonchev–Trinajstić information content (AvgIpc) is 3.21. The second-order valence-corrected chi connectivity index (χ2v) is 7.51. The predicted molar refractivity (Wildman–Crippen MR) is 96.1 cm³/mol. The number of carbonyl (C=O) groups is 1. The number of aromatic nitrogens is 2. The third kappa shape index (κ3) is 2.93. The highest BCUT2D eigenvalue weighted by Gasteiger charge is 2.66. The Balaban J connectivity index is 1.85. The normalized spacial score (nSPS) is 20.8. The Morgan fingerprint density at radius 1 is 1.41 bits per heavy atom. The van der Waals surface area contributed by atoms with E-state index in [1.165, 1.54) is 23.7 Å². The molecule has 2 aromatic rings. The van der Waals surface area contributed by atoms with Crippen molar-refractivity contribution in [3.8, 4) is 0 Å². The molecule has 4 rings (SSSR count). The van der Waals surface area contributed by atoms with Gasteiger partial charge in [-0.3, -0.25) is 10.1 Å². The van der Waals surface area contributed by atoms with Gasteiger partial charge in [0.1, 0.15) is 22.4 Å². The van der Waals surface area contributed by atoms with Gasteiger partial charge in [-0.1, -0.05) is 0 Å². The van der Waals surface area contributed by atoms with Gasteiger partial charge < -0.3 is 19.9 Å². The number of rotatable bonds is 4. The molecule has 1 aliphatic carbocycles. The Kier molecular flexibility index (Phi) is 4.14. The lowest BCUT2D eigenvalue weighted by molar-refractivity contribution is -0.384. The fourth-order valence-corrected chi connectivity index (χ4v) is 4.14. The van der Waals surface area contributed by atoms with Crippen LogP contribution in [0.25, 0.3) is 11.0 Å². The van der Waals surface area contributed by atoms with Gasteiger partial charge in [-0.2, -0.15) is 13.2 Å². The second kappa shape index (κ2) is 6.22. The van der Waals surface area contributed by atoms with E-state index in [1.54, 1.807) is 4.90 Å². The van der Waals surface area contributed by atoms with E-state index in [4.69, 9.17) is 5.11 Å². The SMILES string of the molecule is Cn1c(C2(C(F)(F)F)CC2)nc2c(N3CC[C@@H](NC(=O)O)C3)c([N+](=O)[O-])ccc21. The van der Waals surface area contributed by atoms with Crippen molar-refractivity contribution >= 4 is 28.5 Å². The molecule has 2 N–H and O–H groups in total. The molecule has 156 valence electrons. The minimum atomic E-state index is -4.46. The Bertz CT molecular complexity index is 1010. The molecular formula is C17H18F3N5O4. The number of alkyl halides is 3. The van der Waals surface area contributed by atoms with Gasteiger partial charge in [-0.25, -0.2) is 9.78 Å². The second-order valence-electron chi connectivity index (χ2n) is 7.51. The summed E-state index contributed by atoms with van der Waals surface area (Å²) in [4.78, 5) is 27.7. The van der Waals surface area contributed by atoms with Crippen LogP contribution in [0.3, 0.4) is 0 Å². The van der Waals surface area contributed by atoms with Crippen molar-refractivity contribution in [2.75, 3.05) is 18.0 Å². The van der Waals surface area contributed by atoms with Crippen LogP contribution in [0.2, 0.25) is 0 Å². The number of carboxylic acid groups (broad SMARTS) is 1. The first-order chi connectivity index (χ1) is 13.5. The van der Waals surface area contributed by atoms with Crippen LogP contribution in [0.1, 0.15) is 25.1 Å². The van der Waals surface area contributed by atoms with Crippen LogP contribution in [0, 0.1) is 10.1 Å². The number of amides is 1. The molecule has 1 saturated carbocycles. The average molecular weight is 413 g/mol. The number of halogens is 3. The van der Waals surface area contributed by atoms with Crippen molar-refractivity contribution in [2.45, 2.75) is 36.9 Å². The van der Waals surface area contributed by atoms with E-state index in [-0.39, 0.29) is 42.1 Å². The molecule has 12 heteroatoms. The van der Waals surface area contributed by atoms with E-state index >= 15 is 0 Å². The Hall–Kier alpha value is -3.05. The van der Waals surface area contributed by atoms with E-state index in [0.29, 0.717) is 18.5 Å². The molecular weight excluding hydrogens is 395 g/mol. The van der Waals surface area contributed by atoms with Gasteiger partial charge in [-0.15, -0.1) is 0 Å². The fraction of sp³-hybridized carbons (Fsp3) is 0.529. The number of nitrogens with one attached hydrogen (secondary N) is 1. The van der Waals surface area contributed by atoms with Gasteiger partial charge in [0, 0.05) is 26.2 Å². The number of aryl methyl sites for hydroxylation is 1. The molecule has 0 unspecified atom stereocenters. The van der Waals surface area contributed by atoms with Crippen LogP contribution in [-0.2, 0) is 12.5 Å². The fourth-order valence-electron chi connectivity index (χ4n) is 4.14. The Morgan fingerprint density at radius 2 is 2.10 bits per heavy atom. The first kappa shape index (κ1) is 19.3. The number of hydrogen-bond acceptors (Lipinski definition) is 5. The van der Waals surface area contributed by atoms with Crippen molar-refractivity contribution in [1.29, 1.82) is 0 Å². The maximum absolute atomic E-state index is 13.6. The van der Waals surface area contributed by atoms with E-state index in [2.05, 4.69) is 10.3 Å². The minimum absolute atomic E-state index is 0.0700. The van der Waals surface area contributed by atoms with Gasteiger partial charge in [0.05, 0.1) is 16.5 Å². The molecule has 1 aliphatic heterocycles. The standard InChI is InChI=1S/C17H18F3N5O4/c1-23-10-2-3-11(25(28)29)13(24-7-4-9(8-24)21-15(26)27)12(10)22-14(23)16(5-6-16)17(18,19)20/h2-3,9,21H,4-8H2,1H3,(H,26,27)/t9-/m1/s1. The molecule has 2 aliphatic rings. The Morgan fingerprint density at radius 3 is 2.66 bits per heavy atom. The highest BCUT2D eigenvalue weighted by Crippen LogP contribution is 2.59. The number of imidazole rings is 1. The summed E-state index contributed by atoms with van der Waals surface area (Å²) in [5, 5.41) is 22.8. The Labute approximate surface area is 162 Å². The number of nitro groups is 1. The molecule has 9 nitrogen and oxygen atoms in total. The first-order valence-electron chi connectivity index (χ1n) is 9.00. The molecule has 0 radical (unpaired) electrons. The van der Waals surface area contributed by atoms with E-state index in [1.807, 2.05) is 0 Å². The lowest BCUT2D eigenvalue weighted by atomic mass is 10.1. The first-order valence-corrected chi connectivity index (χ1v) is 9.00. The summed E-state index contributed by atoms with van der Waals surface area (Å²) < 4.78 is 42.3. The zero-order chi connectivity index (χ0) is 21.1. The smallest absolute Gasteiger partial charge is 0.404 e. The maximum atomic E-state index is 13.6. The summed E-state index contributed by atoms with van der Waals surface area (Å²) in [6, 6.07) is 2.23. The van der Waals surface area contributed by atoms with Crippen LogP contribution < -0.4 is 10.2 Å². The zero-order valence-electron chi connectivity index (χ0n) is 15.4. The lowest BCUT2D eigenvalue weighted by Crippen LogP contribution is -2.36. The molecule has 0 bridgehead atoms. The van der Waals surface area contributed by atoms with E-state index in [0.717, 1.165) is 0 Å². The maximum Gasteiger partial charge on any atom is 0.404 e. The van der Waals surface area contributed by atoms with Crippen LogP contribution in [-0.4, -0.2) is 51.0 Å². The van der Waals surface area contributed by atoms with Gasteiger partial charge >= 0.3 is 12.3 Å². The summed E-state index contributed by atoms with van der Waals surface area (Å²) in [5.74, 6) is -0.152. The van der Waals surface area contributed by atoms with E-state index < -0.39 is 28.6 Å². The van der Waals surface area contributed by atoms with E-state index in [9.17, 15) is 28.1 Å². The summed E-state index contributed by atoms with van der Waals surface area (Å²) in [6.45, 7) is 0.490. The molecule has 1 amide bonds. The molecule has 2 fully saturated rings. The number of nitrogens with zero attached hydrogens (tertiary/aromatic N) is 4. The largest absolute Gasteiger partial charge is 0.465 e. The van der Waals surface area contributed by atoms with Crippen LogP contribution >= 0.6 is 0 Å². The molecule has 29 heavy (non-hydrogen) atoms.